The van der Waals surface area contributed by atoms with E-state index in [2.05, 4.69) is 10.3 Å². The molecule has 1 aliphatic rings. The summed E-state index contributed by atoms with van der Waals surface area (Å²) in [6.07, 6.45) is 6.24. The lowest BCUT2D eigenvalue weighted by atomic mass is 10.0. The largest absolute Gasteiger partial charge is 0.495 e. The first-order chi connectivity index (χ1) is 10.7. The highest BCUT2D eigenvalue weighted by Gasteiger charge is 2.21. The molecule has 6 heteroatoms. The number of carbonyl (C=O) groups is 1. The van der Waals surface area contributed by atoms with Crippen molar-refractivity contribution >= 4 is 11.5 Å². The predicted octanol–water partition coefficient (Wildman–Crippen LogP) is 1.81. The van der Waals surface area contributed by atoms with Gasteiger partial charge < -0.3 is 14.8 Å². The fourth-order valence-electron chi connectivity index (χ4n) is 2.96. The van der Waals surface area contributed by atoms with Gasteiger partial charge in [-0.1, -0.05) is 6.42 Å². The van der Waals surface area contributed by atoms with E-state index in [0.717, 1.165) is 36.5 Å². The molecule has 1 N–H and O–H groups in total. The molecule has 0 radical (unpaired) electrons. The van der Waals surface area contributed by atoms with Crippen molar-refractivity contribution < 1.29 is 14.3 Å². The first kappa shape index (κ1) is 14.8. The Bertz CT molecular complexity index is 675. The van der Waals surface area contributed by atoms with Crippen molar-refractivity contribution in [1.82, 2.24) is 14.7 Å². The minimum atomic E-state index is -0.412. The number of carbonyl (C=O) groups excluding carboxylic acids is 1. The maximum atomic E-state index is 11.9. The van der Waals surface area contributed by atoms with E-state index in [1.54, 1.807) is 7.11 Å². The molecule has 1 saturated heterocycles. The number of imidazole rings is 1. The number of pyridine rings is 1. The molecule has 0 aliphatic carbocycles. The second-order valence-electron chi connectivity index (χ2n) is 5.54. The van der Waals surface area contributed by atoms with E-state index in [1.807, 2.05) is 22.7 Å². The fourth-order valence-corrected chi connectivity index (χ4v) is 2.96. The molecule has 0 saturated carbocycles. The molecule has 0 bridgehead atoms. The summed E-state index contributed by atoms with van der Waals surface area (Å²) < 4.78 is 12.1. The normalized spacial score (nSPS) is 18.4. The molecule has 0 amide bonds. The van der Waals surface area contributed by atoms with Gasteiger partial charge in [0, 0.05) is 12.5 Å². The summed E-state index contributed by atoms with van der Waals surface area (Å²) in [5, 5.41) is 3.51. The Morgan fingerprint density at radius 1 is 1.41 bits per heavy atom. The lowest BCUT2D eigenvalue weighted by molar-refractivity contribution is 0.0596. The molecule has 2 aromatic rings. The van der Waals surface area contributed by atoms with Crippen LogP contribution in [0.15, 0.2) is 18.3 Å². The first-order valence-electron chi connectivity index (χ1n) is 7.59. The van der Waals surface area contributed by atoms with Gasteiger partial charge >= 0.3 is 5.97 Å². The van der Waals surface area contributed by atoms with Gasteiger partial charge in [-0.3, -0.25) is 4.40 Å². The second kappa shape index (κ2) is 6.36. The van der Waals surface area contributed by atoms with Crippen LogP contribution in [0.1, 0.15) is 35.6 Å². The van der Waals surface area contributed by atoms with Crippen molar-refractivity contribution in [2.45, 2.75) is 31.7 Å². The standard InChI is InChI=1S/C16H21N3O3/c1-21-12-6-7-13-15(16(20)22-2)18-14(19(13)10-12)9-11-5-3-4-8-17-11/h6-7,10-11,17H,3-5,8-9H2,1-2H3. The maximum absolute atomic E-state index is 11.9. The van der Waals surface area contributed by atoms with Gasteiger partial charge in [0.05, 0.1) is 25.9 Å². The molecule has 2 aromatic heterocycles. The Labute approximate surface area is 129 Å². The summed E-state index contributed by atoms with van der Waals surface area (Å²) in [6.45, 7) is 1.04. The molecule has 118 valence electrons. The van der Waals surface area contributed by atoms with Gasteiger partial charge in [-0.2, -0.15) is 0 Å². The maximum Gasteiger partial charge on any atom is 0.358 e. The number of rotatable bonds is 4. The van der Waals surface area contributed by atoms with Gasteiger partial charge in [0.15, 0.2) is 5.69 Å². The van der Waals surface area contributed by atoms with Crippen molar-refractivity contribution in [2.24, 2.45) is 0 Å². The summed E-state index contributed by atoms with van der Waals surface area (Å²) in [5.74, 6) is 1.18. The number of aromatic nitrogens is 2. The third kappa shape index (κ3) is 2.78. The number of hydrogen-bond acceptors (Lipinski definition) is 5. The van der Waals surface area contributed by atoms with Crippen LogP contribution in [0.25, 0.3) is 5.52 Å². The minimum absolute atomic E-state index is 0.357. The van der Waals surface area contributed by atoms with Gasteiger partial charge in [0.25, 0.3) is 0 Å². The third-order valence-electron chi connectivity index (χ3n) is 4.14. The molecular weight excluding hydrogens is 282 g/mol. The molecule has 22 heavy (non-hydrogen) atoms. The summed E-state index contributed by atoms with van der Waals surface area (Å²) in [5.41, 5.74) is 1.11. The van der Waals surface area contributed by atoms with Crippen LogP contribution >= 0.6 is 0 Å². The lowest BCUT2D eigenvalue weighted by Crippen LogP contribution is -2.36. The van der Waals surface area contributed by atoms with Crippen LogP contribution in [-0.4, -0.2) is 42.2 Å². The van der Waals surface area contributed by atoms with E-state index >= 15 is 0 Å². The molecule has 1 atom stereocenters. The molecule has 1 unspecified atom stereocenters. The van der Waals surface area contributed by atoms with Crippen LogP contribution in [0.3, 0.4) is 0 Å². The monoisotopic (exact) mass is 303 g/mol. The molecule has 0 aromatic carbocycles. The number of ether oxygens (including phenoxy) is 2. The van der Waals surface area contributed by atoms with Crippen LogP contribution in [0.4, 0.5) is 0 Å². The zero-order valence-electron chi connectivity index (χ0n) is 13.0. The van der Waals surface area contributed by atoms with Gasteiger partial charge in [-0.15, -0.1) is 0 Å². The number of methoxy groups -OCH3 is 2. The third-order valence-corrected chi connectivity index (χ3v) is 4.14. The van der Waals surface area contributed by atoms with Crippen LogP contribution in [0.2, 0.25) is 0 Å². The summed E-state index contributed by atoms with van der Waals surface area (Å²) >= 11 is 0. The van der Waals surface area contributed by atoms with E-state index in [4.69, 9.17) is 9.47 Å². The zero-order valence-corrected chi connectivity index (χ0v) is 13.0. The summed E-state index contributed by atoms with van der Waals surface area (Å²) in [4.78, 5) is 16.5. The van der Waals surface area contributed by atoms with Crippen LogP contribution in [0, 0.1) is 0 Å². The second-order valence-corrected chi connectivity index (χ2v) is 5.54. The van der Waals surface area contributed by atoms with Crippen LogP contribution in [-0.2, 0) is 11.2 Å². The Morgan fingerprint density at radius 2 is 2.27 bits per heavy atom. The van der Waals surface area contributed by atoms with E-state index in [-0.39, 0.29) is 0 Å². The Morgan fingerprint density at radius 3 is 2.95 bits per heavy atom. The van der Waals surface area contributed by atoms with Crippen molar-refractivity contribution in [3.05, 3.63) is 29.8 Å². The van der Waals surface area contributed by atoms with Gasteiger partial charge in [0.2, 0.25) is 0 Å². The summed E-state index contributed by atoms with van der Waals surface area (Å²) in [7, 11) is 3.00. The smallest absolute Gasteiger partial charge is 0.358 e. The van der Waals surface area contributed by atoms with Crippen molar-refractivity contribution in [3.8, 4) is 5.75 Å². The predicted molar refractivity (Wildman–Crippen MR) is 82.4 cm³/mol. The summed E-state index contributed by atoms with van der Waals surface area (Å²) in [6, 6.07) is 4.07. The number of piperidine rings is 1. The van der Waals surface area contributed by atoms with E-state index in [0.29, 0.717) is 11.7 Å². The average Bonchev–Trinajstić information content (AvgIpc) is 2.93. The molecular formula is C16H21N3O3. The molecule has 1 aliphatic heterocycles. The van der Waals surface area contributed by atoms with E-state index in [9.17, 15) is 4.79 Å². The number of fused-ring (bicyclic) bond motifs is 1. The highest BCUT2D eigenvalue weighted by molar-refractivity contribution is 5.95. The Kier molecular flexibility index (Phi) is 4.29. The molecule has 1 fully saturated rings. The zero-order chi connectivity index (χ0) is 15.5. The van der Waals surface area contributed by atoms with Gasteiger partial charge in [-0.05, 0) is 31.5 Å². The highest BCUT2D eigenvalue weighted by Crippen LogP contribution is 2.21. The number of nitrogens with zero attached hydrogens (tertiary/aromatic N) is 2. The van der Waals surface area contributed by atoms with E-state index in [1.165, 1.54) is 20.0 Å². The number of nitrogens with one attached hydrogen (secondary N) is 1. The van der Waals surface area contributed by atoms with Crippen LogP contribution in [0.5, 0.6) is 5.75 Å². The molecule has 0 spiro atoms. The van der Waals surface area contributed by atoms with Gasteiger partial charge in [0.1, 0.15) is 11.6 Å². The first-order valence-corrected chi connectivity index (χ1v) is 7.59. The number of esters is 1. The average molecular weight is 303 g/mol. The fraction of sp³-hybridized carbons (Fsp3) is 0.500. The lowest BCUT2D eigenvalue weighted by Gasteiger charge is -2.22. The minimum Gasteiger partial charge on any atom is -0.495 e. The Balaban J connectivity index is 2.01. The van der Waals surface area contributed by atoms with Crippen LogP contribution < -0.4 is 10.1 Å². The molecule has 3 rings (SSSR count). The van der Waals surface area contributed by atoms with Gasteiger partial charge in [-0.25, -0.2) is 9.78 Å². The molecule has 3 heterocycles. The highest BCUT2D eigenvalue weighted by atomic mass is 16.5. The van der Waals surface area contributed by atoms with E-state index < -0.39 is 5.97 Å². The topological polar surface area (TPSA) is 64.9 Å². The Hall–Kier alpha value is -2.08. The van der Waals surface area contributed by atoms with Crippen molar-refractivity contribution in [3.63, 3.8) is 0 Å². The van der Waals surface area contributed by atoms with Crippen molar-refractivity contribution in [2.75, 3.05) is 20.8 Å². The molecule has 6 nitrogen and oxygen atoms in total. The number of hydrogen-bond donors (Lipinski definition) is 1. The SMILES string of the molecule is COC(=O)c1nc(CC2CCCCN2)n2cc(OC)ccc12. The quantitative estimate of drug-likeness (QED) is 0.873. The van der Waals surface area contributed by atoms with Crippen molar-refractivity contribution in [1.29, 1.82) is 0 Å².